The van der Waals surface area contributed by atoms with Crippen LogP contribution >= 0.6 is 0 Å². The Morgan fingerprint density at radius 1 is 1.75 bits per heavy atom. The van der Waals surface area contributed by atoms with Crippen molar-refractivity contribution in [2.24, 2.45) is 5.73 Å². The van der Waals surface area contributed by atoms with Crippen molar-refractivity contribution in [3.05, 3.63) is 12.2 Å². The molecule has 2 heteroatoms. The predicted molar refractivity (Wildman–Crippen MR) is 34.5 cm³/mol. The van der Waals surface area contributed by atoms with Crippen LogP contribution in [0, 0.1) is 0 Å². The van der Waals surface area contributed by atoms with E-state index >= 15 is 0 Å². The van der Waals surface area contributed by atoms with E-state index in [1.807, 2.05) is 13.0 Å². The number of rotatable bonds is 3. The molecule has 0 amide bonds. The van der Waals surface area contributed by atoms with Crippen LogP contribution in [0.4, 0.5) is 0 Å². The summed E-state index contributed by atoms with van der Waals surface area (Å²) < 4.78 is 0. The van der Waals surface area contributed by atoms with Crippen molar-refractivity contribution < 1.29 is 5.11 Å². The summed E-state index contributed by atoms with van der Waals surface area (Å²) in [6.45, 7) is 2.07. The molecule has 2 nitrogen and oxygen atoms in total. The van der Waals surface area contributed by atoms with Gasteiger partial charge in [0, 0.05) is 6.04 Å². The minimum atomic E-state index is -0.171. The van der Waals surface area contributed by atoms with E-state index in [-0.39, 0.29) is 12.6 Å². The fraction of sp³-hybridized carbons (Fsp3) is 0.667. The minimum absolute atomic E-state index is 0.0382. The topological polar surface area (TPSA) is 46.2 Å². The Morgan fingerprint density at radius 3 is 2.75 bits per heavy atom. The maximum atomic E-state index is 8.39. The van der Waals surface area contributed by atoms with Gasteiger partial charge in [-0.15, -0.1) is 0 Å². The van der Waals surface area contributed by atoms with Crippen molar-refractivity contribution in [1.29, 1.82) is 0 Å². The summed E-state index contributed by atoms with van der Waals surface area (Å²) in [6.07, 6.45) is 4.73. The van der Waals surface area contributed by atoms with Crippen molar-refractivity contribution in [3.63, 3.8) is 0 Å². The summed E-state index contributed by atoms with van der Waals surface area (Å²) in [4.78, 5) is 0. The molecule has 0 spiro atoms. The van der Waals surface area contributed by atoms with Crippen LogP contribution in [0.15, 0.2) is 12.2 Å². The van der Waals surface area contributed by atoms with Gasteiger partial charge in [0.2, 0.25) is 0 Å². The first kappa shape index (κ1) is 7.66. The van der Waals surface area contributed by atoms with E-state index in [1.165, 1.54) is 0 Å². The molecule has 0 radical (unpaired) electrons. The van der Waals surface area contributed by atoms with E-state index in [1.54, 1.807) is 6.08 Å². The molecule has 3 N–H and O–H groups in total. The number of hydrogen-bond donors (Lipinski definition) is 2. The van der Waals surface area contributed by atoms with Crippen LogP contribution in [0.25, 0.3) is 0 Å². The summed E-state index contributed by atoms with van der Waals surface area (Å²) in [6, 6.07) is -0.171. The van der Waals surface area contributed by atoms with Crippen LogP contribution in [-0.4, -0.2) is 17.8 Å². The lowest BCUT2D eigenvalue weighted by Gasteiger charge is -1.96. The van der Waals surface area contributed by atoms with E-state index < -0.39 is 0 Å². The van der Waals surface area contributed by atoms with Crippen LogP contribution in [0.3, 0.4) is 0 Å². The molecule has 0 aromatic carbocycles. The molecule has 0 aliphatic heterocycles. The second-order valence-electron chi connectivity index (χ2n) is 1.68. The lowest BCUT2D eigenvalue weighted by atomic mass is 10.3. The van der Waals surface area contributed by atoms with Crippen molar-refractivity contribution >= 4 is 0 Å². The van der Waals surface area contributed by atoms with E-state index in [0.717, 1.165) is 6.42 Å². The van der Waals surface area contributed by atoms with Gasteiger partial charge < -0.3 is 10.8 Å². The van der Waals surface area contributed by atoms with Gasteiger partial charge in [0.25, 0.3) is 0 Å². The lowest BCUT2D eigenvalue weighted by Crippen LogP contribution is -2.20. The summed E-state index contributed by atoms with van der Waals surface area (Å²) in [5.74, 6) is 0. The average molecular weight is 115 g/mol. The van der Waals surface area contributed by atoms with Crippen LogP contribution in [0.2, 0.25) is 0 Å². The summed E-state index contributed by atoms with van der Waals surface area (Å²) in [7, 11) is 0. The highest BCUT2D eigenvalue weighted by Gasteiger charge is 1.88. The molecule has 0 aromatic rings. The zero-order valence-corrected chi connectivity index (χ0v) is 5.17. The molecule has 0 aromatic heterocycles. The third kappa shape index (κ3) is 3.84. The SMILES string of the molecule is CC/C=C\C(N)CO. The van der Waals surface area contributed by atoms with Gasteiger partial charge in [-0.3, -0.25) is 0 Å². The molecule has 0 heterocycles. The Kier molecular flexibility index (Phi) is 4.61. The number of hydrogen-bond acceptors (Lipinski definition) is 2. The number of nitrogens with two attached hydrogens (primary N) is 1. The molecule has 0 aliphatic carbocycles. The van der Waals surface area contributed by atoms with Crippen LogP contribution in [-0.2, 0) is 0 Å². The molecule has 1 unspecified atom stereocenters. The van der Waals surface area contributed by atoms with Gasteiger partial charge >= 0.3 is 0 Å². The Labute approximate surface area is 50.0 Å². The standard InChI is InChI=1S/C6H13NO/c1-2-3-4-6(7)5-8/h3-4,6,8H,2,5,7H2,1H3/b4-3-. The Hall–Kier alpha value is -0.340. The first-order valence-electron chi connectivity index (χ1n) is 2.84. The molecule has 0 saturated carbocycles. The van der Waals surface area contributed by atoms with Gasteiger partial charge in [-0.25, -0.2) is 0 Å². The zero-order valence-electron chi connectivity index (χ0n) is 5.17. The molecular weight excluding hydrogens is 102 g/mol. The van der Waals surface area contributed by atoms with Crippen LogP contribution in [0.1, 0.15) is 13.3 Å². The minimum Gasteiger partial charge on any atom is -0.394 e. The van der Waals surface area contributed by atoms with E-state index in [9.17, 15) is 0 Å². The molecule has 1 atom stereocenters. The maximum absolute atomic E-state index is 8.39. The van der Waals surface area contributed by atoms with Gasteiger partial charge in [-0.05, 0) is 6.42 Å². The largest absolute Gasteiger partial charge is 0.394 e. The maximum Gasteiger partial charge on any atom is 0.0618 e. The molecule has 0 bridgehead atoms. The average Bonchev–Trinajstić information content (AvgIpc) is 1.83. The van der Waals surface area contributed by atoms with Crippen molar-refractivity contribution in [2.75, 3.05) is 6.61 Å². The Balaban J connectivity index is 3.21. The first-order valence-corrected chi connectivity index (χ1v) is 2.84. The van der Waals surface area contributed by atoms with E-state index in [4.69, 9.17) is 10.8 Å². The third-order valence-electron chi connectivity index (χ3n) is 0.830. The molecule has 0 saturated heterocycles. The molecular formula is C6H13NO. The van der Waals surface area contributed by atoms with Gasteiger partial charge in [-0.2, -0.15) is 0 Å². The fourth-order valence-electron chi connectivity index (χ4n) is 0.372. The van der Waals surface area contributed by atoms with Gasteiger partial charge in [0.15, 0.2) is 0 Å². The predicted octanol–water partition coefficient (Wildman–Crippen LogP) is 0.272. The summed E-state index contributed by atoms with van der Waals surface area (Å²) in [5, 5.41) is 8.39. The number of allylic oxidation sites excluding steroid dienone is 1. The normalized spacial score (nSPS) is 14.9. The highest BCUT2D eigenvalue weighted by molar-refractivity contribution is 4.89. The molecule has 0 fully saturated rings. The Bertz CT molecular complexity index is 70.9. The highest BCUT2D eigenvalue weighted by Crippen LogP contribution is 1.82. The first-order chi connectivity index (χ1) is 3.81. The van der Waals surface area contributed by atoms with E-state index in [0.29, 0.717) is 0 Å². The van der Waals surface area contributed by atoms with Crippen LogP contribution < -0.4 is 5.73 Å². The highest BCUT2D eigenvalue weighted by atomic mass is 16.3. The third-order valence-corrected chi connectivity index (χ3v) is 0.830. The van der Waals surface area contributed by atoms with E-state index in [2.05, 4.69) is 0 Å². The monoisotopic (exact) mass is 115 g/mol. The molecule has 8 heavy (non-hydrogen) atoms. The second kappa shape index (κ2) is 4.81. The zero-order chi connectivity index (χ0) is 6.41. The lowest BCUT2D eigenvalue weighted by molar-refractivity contribution is 0.284. The van der Waals surface area contributed by atoms with Gasteiger partial charge in [-0.1, -0.05) is 19.1 Å². The summed E-state index contributed by atoms with van der Waals surface area (Å²) in [5.41, 5.74) is 5.32. The Morgan fingerprint density at radius 2 is 2.38 bits per heavy atom. The molecule has 48 valence electrons. The number of aliphatic hydroxyl groups is 1. The van der Waals surface area contributed by atoms with Gasteiger partial charge in [0.05, 0.1) is 6.61 Å². The quantitative estimate of drug-likeness (QED) is 0.519. The van der Waals surface area contributed by atoms with Crippen molar-refractivity contribution in [3.8, 4) is 0 Å². The smallest absolute Gasteiger partial charge is 0.0618 e. The van der Waals surface area contributed by atoms with Crippen molar-refractivity contribution in [2.45, 2.75) is 19.4 Å². The molecule has 0 rings (SSSR count). The van der Waals surface area contributed by atoms with Gasteiger partial charge in [0.1, 0.15) is 0 Å². The fourth-order valence-corrected chi connectivity index (χ4v) is 0.372. The van der Waals surface area contributed by atoms with Crippen molar-refractivity contribution in [1.82, 2.24) is 0 Å². The molecule has 0 aliphatic rings. The summed E-state index contributed by atoms with van der Waals surface area (Å²) >= 11 is 0. The van der Waals surface area contributed by atoms with Crippen LogP contribution in [0.5, 0.6) is 0 Å². The second-order valence-corrected chi connectivity index (χ2v) is 1.68. The number of aliphatic hydroxyl groups excluding tert-OH is 1.